The summed E-state index contributed by atoms with van der Waals surface area (Å²) in [5.74, 6) is -4.15. The van der Waals surface area contributed by atoms with Crippen LogP contribution in [0.5, 0.6) is 17.2 Å². The summed E-state index contributed by atoms with van der Waals surface area (Å²) in [5.41, 5.74) is -0.603. The third-order valence-electron chi connectivity index (χ3n) is 16.9. The first kappa shape index (κ1) is 55.1. The minimum atomic E-state index is -1.32. The molecule has 430 valence electrons. The molecule has 5 fully saturated rings. The molecule has 4 atom stereocenters. The molecule has 0 amide bonds. The molecule has 7 aliphatic rings. The molecule has 4 N–H and O–H groups in total. The van der Waals surface area contributed by atoms with Gasteiger partial charge in [0.2, 0.25) is 16.3 Å². The molecule has 81 heavy (non-hydrogen) atoms. The lowest BCUT2D eigenvalue weighted by molar-refractivity contribution is 0.0683. The number of piperazine rings is 2. The van der Waals surface area contributed by atoms with E-state index in [-0.39, 0.29) is 64.2 Å². The van der Waals surface area contributed by atoms with Gasteiger partial charge in [0, 0.05) is 96.1 Å². The lowest BCUT2D eigenvalue weighted by Crippen LogP contribution is -2.45. The van der Waals surface area contributed by atoms with E-state index in [1.165, 1.54) is 31.8 Å². The zero-order chi connectivity index (χ0) is 57.5. The van der Waals surface area contributed by atoms with Crippen LogP contribution in [0.3, 0.4) is 0 Å². The molecule has 24 heteroatoms. The normalized spacial score (nSPS) is 21.6. The second-order valence-electron chi connectivity index (χ2n) is 22.3. The van der Waals surface area contributed by atoms with Gasteiger partial charge in [-0.25, -0.2) is 27.6 Å². The van der Waals surface area contributed by atoms with Gasteiger partial charge >= 0.3 is 17.9 Å². The van der Waals surface area contributed by atoms with Crippen LogP contribution in [-0.2, 0) is 0 Å². The average Bonchev–Trinajstić information content (AvgIpc) is 3.59. The number of nitrogens with one attached hydrogen (secondary N) is 1. The van der Waals surface area contributed by atoms with E-state index in [2.05, 4.69) is 15.1 Å². The largest absolute Gasteiger partial charge is 0.492 e. The van der Waals surface area contributed by atoms with Crippen LogP contribution in [-0.4, -0.2) is 169 Å². The molecule has 1 saturated carbocycles. The van der Waals surface area contributed by atoms with Gasteiger partial charge < -0.3 is 73.0 Å². The number of carboxylic acids is 3. The summed E-state index contributed by atoms with van der Waals surface area (Å²) >= 11 is 0. The molecule has 3 aromatic carbocycles. The van der Waals surface area contributed by atoms with Crippen LogP contribution >= 0.6 is 0 Å². The number of halogens is 3. The summed E-state index contributed by atoms with van der Waals surface area (Å²) in [6.45, 7) is 12.5. The van der Waals surface area contributed by atoms with Crippen molar-refractivity contribution in [3.8, 4) is 17.2 Å². The molecule has 1 aliphatic carbocycles. The number of aromatic carboxylic acids is 3. The van der Waals surface area contributed by atoms with Crippen molar-refractivity contribution in [1.29, 1.82) is 0 Å². The zero-order valence-electron chi connectivity index (χ0n) is 45.6. The van der Waals surface area contributed by atoms with Crippen LogP contribution in [0.2, 0.25) is 0 Å². The van der Waals surface area contributed by atoms with Gasteiger partial charge in [0.1, 0.15) is 47.0 Å². The summed E-state index contributed by atoms with van der Waals surface area (Å²) in [6, 6.07) is 3.60. The number of anilines is 3. The van der Waals surface area contributed by atoms with Gasteiger partial charge in [0.15, 0.2) is 34.7 Å². The van der Waals surface area contributed by atoms with Crippen molar-refractivity contribution >= 4 is 67.7 Å². The number of carboxylic acid groups (broad SMARTS) is 3. The lowest BCUT2D eigenvalue weighted by Gasteiger charge is -2.37. The standard InChI is InChI=1S/C21H24FN3O4.2C18H20FN3O4/c1-29-20-17-13(19(26)14(21(27)28)9-25(17)12-4-5-12)7-15(22)18(20)24-8-11-3-2-6-23-16(11)10-24;2*1-10-9-26-17-14-11(16(23)12(18(24)25)8-22(10)14)7-13(19)15(17)21-5-3-20(2)4-6-21/h7,9,11-12,16,23H,2-6,8,10H2,1H3,(H,27,28);2*7-8,10H,3-6,9H2,1-2H3,(H,24,25)/t11-,16+;10-;/m00./s1. The second kappa shape index (κ2) is 21.6. The first-order valence-electron chi connectivity index (χ1n) is 27.3. The van der Waals surface area contributed by atoms with Crippen molar-refractivity contribution in [1.82, 2.24) is 28.8 Å². The van der Waals surface area contributed by atoms with Crippen molar-refractivity contribution in [2.45, 2.75) is 63.7 Å². The van der Waals surface area contributed by atoms with Crippen molar-refractivity contribution in [2.75, 3.05) is 121 Å². The smallest absolute Gasteiger partial charge is 0.341 e. The number of piperidine rings is 1. The Labute approximate surface area is 461 Å². The van der Waals surface area contributed by atoms with Crippen LogP contribution in [0.4, 0.5) is 30.2 Å². The molecule has 4 saturated heterocycles. The predicted octanol–water partition coefficient (Wildman–Crippen LogP) is 5.46. The highest BCUT2D eigenvalue weighted by atomic mass is 19.1. The average molecular weight is 1120 g/mol. The van der Waals surface area contributed by atoms with Crippen LogP contribution in [0, 0.1) is 23.4 Å². The molecule has 0 bridgehead atoms. The maximum Gasteiger partial charge on any atom is 0.341 e. The van der Waals surface area contributed by atoms with Crippen LogP contribution in [0.1, 0.15) is 88.7 Å². The van der Waals surface area contributed by atoms with Gasteiger partial charge in [-0.05, 0) is 84.3 Å². The number of hydrogen-bond donors (Lipinski definition) is 4. The van der Waals surface area contributed by atoms with Crippen LogP contribution in [0.15, 0.2) is 51.2 Å². The number of rotatable bonds is 8. The Kier molecular flexibility index (Phi) is 14.7. The summed E-state index contributed by atoms with van der Waals surface area (Å²) in [5, 5.41) is 31.7. The fourth-order valence-electron chi connectivity index (χ4n) is 12.3. The highest BCUT2D eigenvalue weighted by Crippen LogP contribution is 2.47. The Bertz CT molecular complexity index is 3580. The summed E-state index contributed by atoms with van der Waals surface area (Å²) in [7, 11) is 5.51. The number of carbonyl (C=O) groups is 3. The Morgan fingerprint density at radius 1 is 0.580 bits per heavy atom. The SMILES string of the molecule is CC1COc2c(N3CCN(C)CC3)c(F)cc3c(=O)c(C(=O)O)cn1c23.COc1c(N2C[C@@H]3CCCN[C@@H]3C2)c(F)cc2c(=O)c(C(=O)O)cn(C3CC3)c12.C[C@H]1COc2c(N3CCN(C)CC3)c(F)cc3c(=O)c(C(=O)O)cn1c23. The molecule has 9 heterocycles. The number of benzene rings is 3. The number of methoxy groups -OCH3 is 1. The third-order valence-corrected chi connectivity index (χ3v) is 16.9. The number of hydrogen-bond acceptors (Lipinski definition) is 15. The molecule has 0 spiro atoms. The Balaban J connectivity index is 0.000000128. The number of likely N-dealkylation sites (N-methyl/N-ethyl adjacent to an activating group) is 2. The fourth-order valence-corrected chi connectivity index (χ4v) is 12.3. The molecule has 1 unspecified atom stereocenters. The maximum absolute atomic E-state index is 15.3. The van der Waals surface area contributed by atoms with Gasteiger partial charge in [0.05, 0.1) is 51.9 Å². The molecule has 0 radical (unpaired) electrons. The molecule has 21 nitrogen and oxygen atoms in total. The first-order valence-corrected chi connectivity index (χ1v) is 27.3. The minimum Gasteiger partial charge on any atom is -0.492 e. The number of fused-ring (bicyclic) bond motifs is 2. The number of aromatic nitrogens is 3. The third kappa shape index (κ3) is 9.83. The number of nitrogens with zero attached hydrogens (tertiary/aromatic N) is 8. The number of ether oxygens (including phenoxy) is 3. The van der Waals surface area contributed by atoms with E-state index in [0.29, 0.717) is 95.5 Å². The van der Waals surface area contributed by atoms with E-state index in [4.69, 9.17) is 14.2 Å². The van der Waals surface area contributed by atoms with Crippen molar-refractivity contribution in [3.63, 3.8) is 0 Å². The summed E-state index contributed by atoms with van der Waals surface area (Å²) < 4.78 is 67.9. The van der Waals surface area contributed by atoms with Crippen molar-refractivity contribution in [2.24, 2.45) is 5.92 Å². The van der Waals surface area contributed by atoms with E-state index in [1.807, 2.05) is 42.6 Å². The highest BCUT2D eigenvalue weighted by molar-refractivity contribution is 6.00. The van der Waals surface area contributed by atoms with Gasteiger partial charge in [-0.1, -0.05) is 0 Å². The van der Waals surface area contributed by atoms with E-state index in [9.17, 15) is 52.9 Å². The van der Waals surface area contributed by atoms with E-state index < -0.39 is 51.6 Å². The topological polar surface area (TPSA) is 234 Å². The van der Waals surface area contributed by atoms with Crippen LogP contribution in [0.25, 0.3) is 32.7 Å². The van der Waals surface area contributed by atoms with E-state index in [1.54, 1.807) is 13.7 Å². The lowest BCUT2D eigenvalue weighted by atomic mass is 9.94. The molecular weight excluding hydrogens is 1060 g/mol. The van der Waals surface area contributed by atoms with Gasteiger partial charge in [-0.15, -0.1) is 0 Å². The van der Waals surface area contributed by atoms with E-state index in [0.717, 1.165) is 77.1 Å². The molecule has 3 aromatic heterocycles. The quantitative estimate of drug-likeness (QED) is 0.148. The monoisotopic (exact) mass is 1120 g/mol. The second-order valence-corrected chi connectivity index (χ2v) is 22.3. The Morgan fingerprint density at radius 3 is 1.41 bits per heavy atom. The first-order chi connectivity index (χ1) is 38.8. The van der Waals surface area contributed by atoms with Crippen molar-refractivity contribution < 1.29 is 57.1 Å². The summed E-state index contributed by atoms with van der Waals surface area (Å²) in [4.78, 5) is 82.5. The molecule has 13 rings (SSSR count). The zero-order valence-corrected chi connectivity index (χ0v) is 45.6. The predicted molar refractivity (Wildman–Crippen MR) is 297 cm³/mol. The van der Waals surface area contributed by atoms with Crippen molar-refractivity contribution in [3.05, 3.63) is 102 Å². The van der Waals surface area contributed by atoms with E-state index >= 15 is 4.39 Å². The minimum absolute atomic E-state index is 0.0434. The number of pyridine rings is 3. The summed E-state index contributed by atoms with van der Waals surface area (Å²) in [6.07, 6.45) is 8.09. The highest BCUT2D eigenvalue weighted by Gasteiger charge is 2.39. The Morgan fingerprint density at radius 2 is 1.00 bits per heavy atom. The van der Waals surface area contributed by atoms with Gasteiger partial charge in [0.25, 0.3) is 0 Å². The Hall–Kier alpha value is -7.83. The maximum atomic E-state index is 15.3. The molecular formula is C57H64F3N9O12. The van der Waals surface area contributed by atoms with Gasteiger partial charge in [-0.2, -0.15) is 0 Å². The van der Waals surface area contributed by atoms with Gasteiger partial charge in [-0.3, -0.25) is 14.4 Å². The van der Waals surface area contributed by atoms with Crippen LogP contribution < -0.4 is 50.5 Å². The molecule has 6 aromatic rings. The fraction of sp³-hybridized carbons (Fsp3) is 0.474. The molecule has 6 aliphatic heterocycles.